The van der Waals surface area contributed by atoms with E-state index in [1.807, 2.05) is 4.90 Å². The predicted molar refractivity (Wildman–Crippen MR) is 208 cm³/mol. The number of aromatic hydroxyl groups is 1. The zero-order valence-electron chi connectivity index (χ0n) is 31.5. The number of primary amides is 1. The van der Waals surface area contributed by atoms with Crippen LogP contribution in [-0.2, 0) is 19.2 Å². The van der Waals surface area contributed by atoms with Crippen molar-refractivity contribution in [2.24, 2.45) is 27.6 Å². The fourth-order valence-corrected chi connectivity index (χ4v) is 7.87. The highest BCUT2D eigenvalue weighted by Gasteiger charge is 2.39. The van der Waals surface area contributed by atoms with E-state index in [0.717, 1.165) is 30.4 Å². The van der Waals surface area contributed by atoms with Crippen LogP contribution in [0.4, 0.5) is 8.78 Å². The average molecular weight is 775 g/mol. The Hall–Kier alpha value is -5.57. The molecule has 300 valence electrons. The molecule has 56 heavy (non-hydrogen) atoms. The van der Waals surface area contributed by atoms with E-state index in [1.54, 1.807) is 24.3 Å². The fourth-order valence-electron chi connectivity index (χ4n) is 7.87. The monoisotopic (exact) mass is 774 g/mol. The molecular formula is C41H52F2N8O5. The highest BCUT2D eigenvalue weighted by atomic mass is 19.1. The molecule has 2 atom stereocenters. The predicted octanol–water partition coefficient (Wildman–Crippen LogP) is 3.52. The van der Waals surface area contributed by atoms with E-state index in [9.17, 15) is 33.1 Å². The number of halogens is 2. The molecule has 0 aromatic heterocycles. The molecule has 3 aromatic carbocycles. The number of guanidine groups is 1. The van der Waals surface area contributed by atoms with Gasteiger partial charge in [-0.1, -0.05) is 55.7 Å². The number of amides is 4. The van der Waals surface area contributed by atoms with Crippen molar-refractivity contribution in [1.29, 1.82) is 0 Å². The molecule has 1 aliphatic heterocycles. The molecule has 0 spiro atoms. The second-order valence-electron chi connectivity index (χ2n) is 14.8. The smallest absolute Gasteiger partial charge is 0.244 e. The fraction of sp³-hybridized carbons (Fsp3) is 0.439. The van der Waals surface area contributed by atoms with Gasteiger partial charge in [-0.15, -0.1) is 0 Å². The van der Waals surface area contributed by atoms with Gasteiger partial charge in [-0.05, 0) is 84.2 Å². The van der Waals surface area contributed by atoms with Gasteiger partial charge in [-0.2, -0.15) is 0 Å². The maximum Gasteiger partial charge on any atom is 0.244 e. The van der Waals surface area contributed by atoms with E-state index in [1.165, 1.54) is 48.5 Å². The number of carbonyl (C=O) groups is 4. The van der Waals surface area contributed by atoms with Crippen molar-refractivity contribution in [2.75, 3.05) is 32.7 Å². The normalized spacial score (nSPS) is 16.7. The molecule has 1 heterocycles. The Balaban J connectivity index is 1.25. The summed E-state index contributed by atoms with van der Waals surface area (Å²) in [7, 11) is 0. The molecule has 0 radical (unpaired) electrons. The SMILES string of the molecule is NC(=O)C(NC(=O)C(CCCN=C(N)N)NC(=O)CC1(CC(=O)N2CCN(C(c3ccc(F)cc3)c3ccc(F)cc3)CC2)CCCCC1)c1ccc(O)cc1. The molecule has 3 aromatic rings. The van der Waals surface area contributed by atoms with Gasteiger partial charge in [-0.3, -0.25) is 29.1 Å². The lowest BCUT2D eigenvalue weighted by Gasteiger charge is -2.42. The number of hydrogen-bond acceptors (Lipinski definition) is 7. The third-order valence-corrected chi connectivity index (χ3v) is 10.8. The Morgan fingerprint density at radius 2 is 1.30 bits per heavy atom. The van der Waals surface area contributed by atoms with Crippen molar-refractivity contribution in [3.05, 3.63) is 101 Å². The maximum absolute atomic E-state index is 14.0. The minimum Gasteiger partial charge on any atom is -0.508 e. The molecule has 13 nitrogen and oxygen atoms in total. The molecule has 4 amide bonds. The summed E-state index contributed by atoms with van der Waals surface area (Å²) < 4.78 is 27.7. The lowest BCUT2D eigenvalue weighted by atomic mass is 9.69. The molecule has 1 saturated heterocycles. The van der Waals surface area contributed by atoms with Crippen molar-refractivity contribution in [2.45, 2.75) is 75.9 Å². The largest absolute Gasteiger partial charge is 0.508 e. The summed E-state index contributed by atoms with van der Waals surface area (Å²) in [4.78, 5) is 61.8. The van der Waals surface area contributed by atoms with Gasteiger partial charge in [0.15, 0.2) is 5.96 Å². The Labute approximate surface area is 325 Å². The molecule has 5 rings (SSSR count). The van der Waals surface area contributed by atoms with Crippen LogP contribution < -0.4 is 27.8 Å². The summed E-state index contributed by atoms with van der Waals surface area (Å²) in [6, 6.07) is 15.7. The van der Waals surface area contributed by atoms with Crippen LogP contribution in [0.5, 0.6) is 5.75 Å². The standard InChI is InChI=1S/C41H52F2N8O5/c42-30-12-6-28(7-13-30)37(29-8-14-31(43)15-9-29)51-23-21-50(22-24-51)35(54)26-41(18-2-1-3-19-41)25-34(53)48-33(5-4-20-47-40(45)46)39(56)49-36(38(44)55)27-10-16-32(52)17-11-27/h6-17,33,36-37,52H,1-5,18-26H2,(H2,44,55)(H,48,53)(H,49,56)(H4,45,46,47). The summed E-state index contributed by atoms with van der Waals surface area (Å²) in [6.45, 7) is 2.16. The Morgan fingerprint density at radius 3 is 1.84 bits per heavy atom. The minimum atomic E-state index is -1.22. The van der Waals surface area contributed by atoms with Crippen molar-refractivity contribution in [1.82, 2.24) is 20.4 Å². The van der Waals surface area contributed by atoms with E-state index in [0.29, 0.717) is 51.0 Å². The van der Waals surface area contributed by atoms with E-state index in [4.69, 9.17) is 17.2 Å². The Kier molecular flexibility index (Phi) is 14.4. The average Bonchev–Trinajstić information content (AvgIpc) is 3.17. The van der Waals surface area contributed by atoms with Crippen LogP contribution in [0.15, 0.2) is 77.8 Å². The van der Waals surface area contributed by atoms with Crippen molar-refractivity contribution in [3.8, 4) is 5.75 Å². The first-order valence-electron chi connectivity index (χ1n) is 19.1. The molecule has 9 N–H and O–H groups in total. The van der Waals surface area contributed by atoms with E-state index in [2.05, 4.69) is 20.5 Å². The van der Waals surface area contributed by atoms with Crippen LogP contribution in [0.25, 0.3) is 0 Å². The maximum atomic E-state index is 14.0. The quantitative estimate of drug-likeness (QED) is 0.0719. The van der Waals surface area contributed by atoms with Crippen LogP contribution in [0, 0.1) is 17.0 Å². The van der Waals surface area contributed by atoms with Crippen LogP contribution in [0.3, 0.4) is 0 Å². The van der Waals surface area contributed by atoms with Gasteiger partial charge in [0.1, 0.15) is 29.5 Å². The number of rotatable bonds is 16. The Bertz CT molecular complexity index is 1780. The lowest BCUT2D eigenvalue weighted by Crippen LogP contribution is -2.52. The third-order valence-electron chi connectivity index (χ3n) is 10.8. The number of aliphatic imine (C=N–C) groups is 1. The molecule has 15 heteroatoms. The van der Waals surface area contributed by atoms with Gasteiger partial charge < -0.3 is 37.8 Å². The number of carbonyl (C=O) groups excluding carboxylic acids is 4. The van der Waals surface area contributed by atoms with Crippen molar-refractivity contribution < 1.29 is 33.1 Å². The summed E-state index contributed by atoms with van der Waals surface area (Å²) in [5.41, 5.74) is 18.0. The lowest BCUT2D eigenvalue weighted by molar-refractivity contribution is -0.138. The summed E-state index contributed by atoms with van der Waals surface area (Å²) in [5, 5.41) is 15.2. The van der Waals surface area contributed by atoms with Crippen LogP contribution in [0.1, 0.15) is 86.6 Å². The van der Waals surface area contributed by atoms with Gasteiger partial charge in [0.2, 0.25) is 23.6 Å². The number of nitrogens with two attached hydrogens (primary N) is 3. The zero-order valence-corrected chi connectivity index (χ0v) is 31.5. The second kappa shape index (κ2) is 19.3. The molecule has 0 bridgehead atoms. The zero-order chi connectivity index (χ0) is 40.2. The highest BCUT2D eigenvalue weighted by Crippen LogP contribution is 2.43. The van der Waals surface area contributed by atoms with Gasteiger partial charge in [-0.25, -0.2) is 8.78 Å². The number of nitrogens with one attached hydrogen (secondary N) is 2. The van der Waals surface area contributed by atoms with E-state index in [-0.39, 0.29) is 61.1 Å². The van der Waals surface area contributed by atoms with Crippen molar-refractivity contribution >= 4 is 29.6 Å². The first-order valence-corrected chi connectivity index (χ1v) is 19.1. The topological polar surface area (TPSA) is 209 Å². The van der Waals surface area contributed by atoms with E-state index < -0.39 is 35.2 Å². The Morgan fingerprint density at radius 1 is 0.750 bits per heavy atom. The summed E-state index contributed by atoms with van der Waals surface area (Å²) >= 11 is 0. The van der Waals surface area contributed by atoms with Crippen molar-refractivity contribution in [3.63, 3.8) is 0 Å². The number of benzene rings is 3. The molecule has 2 fully saturated rings. The third kappa shape index (κ3) is 11.5. The van der Waals surface area contributed by atoms with Gasteiger partial charge in [0, 0.05) is 45.6 Å². The van der Waals surface area contributed by atoms with Crippen LogP contribution in [-0.4, -0.2) is 83.3 Å². The molecule has 1 saturated carbocycles. The van der Waals surface area contributed by atoms with E-state index >= 15 is 0 Å². The molecule has 2 aliphatic rings. The molecule has 2 unspecified atom stereocenters. The van der Waals surface area contributed by atoms with Gasteiger partial charge in [0.05, 0.1) is 6.04 Å². The first-order chi connectivity index (χ1) is 26.8. The molecule has 1 aliphatic carbocycles. The molecular weight excluding hydrogens is 722 g/mol. The minimum absolute atomic E-state index is 0.0251. The number of piperazine rings is 1. The van der Waals surface area contributed by atoms with Gasteiger partial charge >= 0.3 is 0 Å². The highest BCUT2D eigenvalue weighted by molar-refractivity contribution is 5.92. The second-order valence-corrected chi connectivity index (χ2v) is 14.8. The van der Waals surface area contributed by atoms with Crippen LogP contribution in [0.2, 0.25) is 0 Å². The number of nitrogens with zero attached hydrogens (tertiary/aromatic N) is 3. The summed E-state index contributed by atoms with van der Waals surface area (Å²) in [5.74, 6) is -2.74. The number of phenols is 1. The number of phenolic OH excluding ortho intramolecular Hbond substituents is 1. The van der Waals surface area contributed by atoms with Gasteiger partial charge in [0.25, 0.3) is 0 Å². The van der Waals surface area contributed by atoms with Crippen LogP contribution >= 0.6 is 0 Å². The summed E-state index contributed by atoms with van der Waals surface area (Å²) in [6.07, 6.45) is 4.77. The first kappa shape index (κ1) is 41.6. The number of hydrogen-bond donors (Lipinski definition) is 6.